The van der Waals surface area contributed by atoms with Crippen molar-refractivity contribution in [2.45, 2.75) is 39.3 Å². The van der Waals surface area contributed by atoms with Gasteiger partial charge in [0.1, 0.15) is 24.2 Å². The number of para-hydroxylation sites is 1. The van der Waals surface area contributed by atoms with E-state index >= 15 is 0 Å². The molecule has 1 aliphatic rings. The fourth-order valence-corrected chi connectivity index (χ4v) is 3.04. The van der Waals surface area contributed by atoms with Crippen LogP contribution in [0, 0.1) is 6.92 Å². The molecule has 3 rings (SSSR count). The number of hydrogen-bond donors (Lipinski definition) is 1. The summed E-state index contributed by atoms with van der Waals surface area (Å²) >= 11 is 0. The molecule has 0 atom stereocenters. The number of nitrogens with zero attached hydrogens (tertiary/aromatic N) is 5. The van der Waals surface area contributed by atoms with E-state index in [0.717, 1.165) is 55.8 Å². The fraction of sp³-hybridized carbons (Fsp3) is 0.526. The summed E-state index contributed by atoms with van der Waals surface area (Å²) in [6.07, 6.45) is 2.24. The molecular weight excluding hydrogens is 328 g/mol. The molecule has 140 valence electrons. The summed E-state index contributed by atoms with van der Waals surface area (Å²) < 4.78 is 8.06. The molecule has 1 fully saturated rings. The molecule has 1 aromatic heterocycles. The number of ether oxygens (including phenoxy) is 1. The van der Waals surface area contributed by atoms with Gasteiger partial charge in [-0.1, -0.05) is 18.2 Å². The van der Waals surface area contributed by atoms with E-state index in [-0.39, 0.29) is 6.10 Å². The number of benzene rings is 1. The van der Waals surface area contributed by atoms with E-state index in [1.165, 1.54) is 0 Å². The quantitative estimate of drug-likeness (QED) is 0.657. The maximum Gasteiger partial charge on any atom is 0.194 e. The molecule has 1 N–H and O–H groups in total. The lowest BCUT2D eigenvalue weighted by Crippen LogP contribution is -2.47. The van der Waals surface area contributed by atoms with Crippen LogP contribution in [-0.4, -0.2) is 51.4 Å². The van der Waals surface area contributed by atoms with Gasteiger partial charge in [-0.15, -0.1) is 10.2 Å². The zero-order valence-corrected chi connectivity index (χ0v) is 15.9. The standard InChI is InChI=1S/C19H28N6O/c1-4-20-19(21-14-18-23-22-15(2)24(18)3)25-12-10-17(11-13-25)26-16-8-6-5-7-9-16/h5-9,17H,4,10-14H2,1-3H3,(H,20,21). The number of nitrogens with one attached hydrogen (secondary N) is 1. The van der Waals surface area contributed by atoms with Gasteiger partial charge in [0.15, 0.2) is 11.8 Å². The molecule has 2 aromatic rings. The highest BCUT2D eigenvalue weighted by Gasteiger charge is 2.22. The van der Waals surface area contributed by atoms with Gasteiger partial charge in [-0.05, 0) is 26.0 Å². The predicted octanol–water partition coefficient (Wildman–Crippen LogP) is 2.13. The zero-order chi connectivity index (χ0) is 18.4. The second-order valence-corrected chi connectivity index (χ2v) is 6.51. The minimum absolute atomic E-state index is 0.262. The topological polar surface area (TPSA) is 67.6 Å². The Balaban J connectivity index is 1.57. The molecule has 0 amide bonds. The summed E-state index contributed by atoms with van der Waals surface area (Å²) in [4.78, 5) is 7.06. The Hall–Kier alpha value is -2.57. The van der Waals surface area contributed by atoms with Gasteiger partial charge in [-0.25, -0.2) is 4.99 Å². The first-order chi connectivity index (χ1) is 12.7. The van der Waals surface area contributed by atoms with Gasteiger partial charge in [0.25, 0.3) is 0 Å². The van der Waals surface area contributed by atoms with Crippen LogP contribution in [0.5, 0.6) is 5.75 Å². The fourth-order valence-electron chi connectivity index (χ4n) is 3.04. The number of hydrogen-bond acceptors (Lipinski definition) is 4. The molecule has 0 bridgehead atoms. The van der Waals surface area contributed by atoms with Crippen molar-refractivity contribution in [1.29, 1.82) is 0 Å². The largest absolute Gasteiger partial charge is 0.490 e. The molecule has 7 nitrogen and oxygen atoms in total. The van der Waals surface area contributed by atoms with E-state index in [2.05, 4.69) is 27.3 Å². The SMILES string of the molecule is CCNC(=NCc1nnc(C)n1C)N1CCC(Oc2ccccc2)CC1. The van der Waals surface area contributed by atoms with E-state index < -0.39 is 0 Å². The van der Waals surface area contributed by atoms with Crippen LogP contribution in [-0.2, 0) is 13.6 Å². The third-order valence-corrected chi connectivity index (χ3v) is 4.68. The first-order valence-corrected chi connectivity index (χ1v) is 9.27. The summed E-state index contributed by atoms with van der Waals surface area (Å²) in [5.41, 5.74) is 0. The van der Waals surface area contributed by atoms with Crippen molar-refractivity contribution in [3.63, 3.8) is 0 Å². The molecule has 26 heavy (non-hydrogen) atoms. The minimum Gasteiger partial charge on any atom is -0.490 e. The summed E-state index contributed by atoms with van der Waals surface area (Å²) in [5.74, 6) is 3.66. The van der Waals surface area contributed by atoms with E-state index in [0.29, 0.717) is 6.54 Å². The third kappa shape index (κ3) is 4.53. The number of aromatic nitrogens is 3. The first kappa shape index (κ1) is 18.2. The van der Waals surface area contributed by atoms with Gasteiger partial charge in [-0.3, -0.25) is 0 Å². The van der Waals surface area contributed by atoms with Crippen molar-refractivity contribution >= 4 is 5.96 Å². The van der Waals surface area contributed by atoms with Crippen LogP contribution < -0.4 is 10.1 Å². The maximum atomic E-state index is 6.08. The molecule has 1 aromatic carbocycles. The van der Waals surface area contributed by atoms with Crippen LogP contribution in [0.25, 0.3) is 0 Å². The Morgan fingerprint density at radius 3 is 2.58 bits per heavy atom. The number of likely N-dealkylation sites (tertiary alicyclic amines) is 1. The smallest absolute Gasteiger partial charge is 0.194 e. The third-order valence-electron chi connectivity index (χ3n) is 4.68. The average molecular weight is 356 g/mol. The second-order valence-electron chi connectivity index (χ2n) is 6.51. The van der Waals surface area contributed by atoms with Crippen LogP contribution in [0.15, 0.2) is 35.3 Å². The molecule has 0 saturated carbocycles. The van der Waals surface area contributed by atoms with Crippen LogP contribution in [0.4, 0.5) is 0 Å². The molecule has 7 heteroatoms. The highest BCUT2D eigenvalue weighted by Crippen LogP contribution is 2.18. The van der Waals surface area contributed by atoms with Crippen LogP contribution >= 0.6 is 0 Å². The van der Waals surface area contributed by atoms with Gasteiger partial charge in [0.05, 0.1) is 0 Å². The lowest BCUT2D eigenvalue weighted by molar-refractivity contribution is 0.129. The van der Waals surface area contributed by atoms with E-state index in [1.807, 2.05) is 48.9 Å². The number of rotatable bonds is 5. The maximum absolute atomic E-state index is 6.08. The van der Waals surface area contributed by atoms with Crippen LogP contribution in [0.2, 0.25) is 0 Å². The monoisotopic (exact) mass is 356 g/mol. The molecule has 2 heterocycles. The number of guanidine groups is 1. The van der Waals surface area contributed by atoms with Crippen molar-refractivity contribution in [1.82, 2.24) is 25.0 Å². The average Bonchev–Trinajstić information content (AvgIpc) is 2.99. The molecule has 1 aliphatic heterocycles. The van der Waals surface area contributed by atoms with Crippen molar-refractivity contribution in [3.8, 4) is 5.75 Å². The number of aryl methyl sites for hydroxylation is 1. The second kappa shape index (κ2) is 8.69. The molecule has 0 unspecified atom stereocenters. The van der Waals surface area contributed by atoms with Crippen LogP contribution in [0.1, 0.15) is 31.4 Å². The molecule has 0 radical (unpaired) electrons. The predicted molar refractivity (Wildman–Crippen MR) is 102 cm³/mol. The van der Waals surface area contributed by atoms with Crippen molar-refractivity contribution in [3.05, 3.63) is 42.0 Å². The first-order valence-electron chi connectivity index (χ1n) is 9.27. The van der Waals surface area contributed by atoms with E-state index in [9.17, 15) is 0 Å². The summed E-state index contributed by atoms with van der Waals surface area (Å²) in [6.45, 7) is 7.27. The summed E-state index contributed by atoms with van der Waals surface area (Å²) in [5, 5.41) is 11.7. The Kier molecular flexibility index (Phi) is 6.09. The molecule has 0 aliphatic carbocycles. The Labute approximate surface area is 155 Å². The number of piperidine rings is 1. The molecule has 1 saturated heterocycles. The van der Waals surface area contributed by atoms with E-state index in [1.54, 1.807) is 0 Å². The van der Waals surface area contributed by atoms with Gasteiger partial charge in [-0.2, -0.15) is 0 Å². The van der Waals surface area contributed by atoms with Crippen LogP contribution in [0.3, 0.4) is 0 Å². The van der Waals surface area contributed by atoms with Crippen molar-refractivity contribution < 1.29 is 4.74 Å². The van der Waals surface area contributed by atoms with Gasteiger partial charge in [0, 0.05) is 39.5 Å². The zero-order valence-electron chi connectivity index (χ0n) is 15.9. The number of aliphatic imine (C=N–C) groups is 1. The van der Waals surface area contributed by atoms with Gasteiger partial charge in [0.2, 0.25) is 0 Å². The summed E-state index contributed by atoms with van der Waals surface area (Å²) in [6, 6.07) is 10.1. The Bertz CT molecular complexity index is 719. The lowest BCUT2D eigenvalue weighted by atomic mass is 10.1. The minimum atomic E-state index is 0.262. The van der Waals surface area contributed by atoms with E-state index in [4.69, 9.17) is 9.73 Å². The summed E-state index contributed by atoms with van der Waals surface area (Å²) in [7, 11) is 1.97. The highest BCUT2D eigenvalue weighted by atomic mass is 16.5. The van der Waals surface area contributed by atoms with Crippen molar-refractivity contribution in [2.75, 3.05) is 19.6 Å². The highest BCUT2D eigenvalue weighted by molar-refractivity contribution is 5.80. The van der Waals surface area contributed by atoms with Gasteiger partial charge < -0.3 is 19.5 Å². The molecular formula is C19H28N6O. The normalized spacial score (nSPS) is 16.0. The Morgan fingerprint density at radius 2 is 1.96 bits per heavy atom. The Morgan fingerprint density at radius 1 is 1.23 bits per heavy atom. The lowest BCUT2D eigenvalue weighted by Gasteiger charge is -2.34. The van der Waals surface area contributed by atoms with Crippen molar-refractivity contribution in [2.24, 2.45) is 12.0 Å². The van der Waals surface area contributed by atoms with Gasteiger partial charge >= 0.3 is 0 Å². The molecule has 0 spiro atoms.